The molecule has 4 rings (SSSR count). The summed E-state index contributed by atoms with van der Waals surface area (Å²) in [6.45, 7) is 3.26. The Labute approximate surface area is 240 Å². The van der Waals surface area contributed by atoms with Gasteiger partial charge in [0.25, 0.3) is 5.91 Å². The number of hydrogen-bond acceptors (Lipinski definition) is 6. The van der Waals surface area contributed by atoms with Crippen LogP contribution >= 0.6 is 0 Å². The summed E-state index contributed by atoms with van der Waals surface area (Å²) in [5.74, 6) is -2.73. The molecule has 1 aromatic heterocycles. The van der Waals surface area contributed by atoms with Crippen molar-refractivity contribution >= 4 is 23.8 Å². The van der Waals surface area contributed by atoms with E-state index in [-0.39, 0.29) is 23.8 Å². The third-order valence-corrected chi connectivity index (χ3v) is 8.56. The van der Waals surface area contributed by atoms with Crippen LogP contribution in [0.1, 0.15) is 73.9 Å². The van der Waals surface area contributed by atoms with Crippen molar-refractivity contribution < 1.29 is 33.8 Å². The van der Waals surface area contributed by atoms with E-state index in [4.69, 9.17) is 14.6 Å². The Morgan fingerprint density at radius 3 is 2.22 bits per heavy atom. The number of hydrogen-bond donors (Lipinski definition) is 3. The smallest absolute Gasteiger partial charge is 0.323 e. The molecule has 0 unspecified atom stereocenters. The number of carbonyl (C=O) groups excluding carboxylic acids is 2. The van der Waals surface area contributed by atoms with Crippen molar-refractivity contribution in [1.29, 1.82) is 0 Å². The van der Waals surface area contributed by atoms with E-state index in [0.29, 0.717) is 5.76 Å². The standard InChI is InChI=1S/C31H41N3O7/c1-22-5-7-23(8-6-22)25-11-18-41-29(25)30(40)32-24-9-15-33(16-10-24)17-14-31(12-3-2-4-13-31)19-26(35)34(20-27(36)37)21-28(38)39/h5-8,11,18,24H,2-4,9-10,12-17,19-21H2,1H3,(H,32,40)(H,36,37)(H,38,39). The Bertz CT molecular complexity index is 1190. The van der Waals surface area contributed by atoms with Gasteiger partial charge in [-0.1, -0.05) is 49.1 Å². The van der Waals surface area contributed by atoms with Crippen molar-refractivity contribution in [3.8, 4) is 11.1 Å². The van der Waals surface area contributed by atoms with Gasteiger partial charge in [0.05, 0.1) is 6.26 Å². The highest BCUT2D eigenvalue weighted by Gasteiger charge is 2.37. The Kier molecular flexibility index (Phi) is 10.2. The number of aryl methyl sites for hydroxylation is 1. The van der Waals surface area contributed by atoms with Crippen LogP contribution in [0.4, 0.5) is 0 Å². The van der Waals surface area contributed by atoms with Gasteiger partial charge in [0.15, 0.2) is 5.76 Å². The molecule has 2 fully saturated rings. The van der Waals surface area contributed by atoms with E-state index in [1.807, 2.05) is 37.3 Å². The number of aliphatic carboxylic acids is 2. The highest BCUT2D eigenvalue weighted by Crippen LogP contribution is 2.43. The minimum absolute atomic E-state index is 0.0422. The zero-order valence-electron chi connectivity index (χ0n) is 23.8. The highest BCUT2D eigenvalue weighted by atomic mass is 16.4. The molecule has 3 N–H and O–H groups in total. The summed E-state index contributed by atoms with van der Waals surface area (Å²) in [4.78, 5) is 51.9. The predicted octanol–water partition coefficient (Wildman–Crippen LogP) is 4.18. The first-order chi connectivity index (χ1) is 19.6. The van der Waals surface area contributed by atoms with Crippen molar-refractivity contribution in [2.24, 2.45) is 5.41 Å². The first-order valence-electron chi connectivity index (χ1n) is 14.5. The number of amides is 2. The molecule has 2 amide bonds. The second kappa shape index (κ2) is 13.8. The van der Waals surface area contributed by atoms with Gasteiger partial charge in [-0.15, -0.1) is 0 Å². The number of piperidine rings is 1. The lowest BCUT2D eigenvalue weighted by molar-refractivity contribution is -0.150. The fourth-order valence-corrected chi connectivity index (χ4v) is 6.20. The first-order valence-corrected chi connectivity index (χ1v) is 14.5. The molecule has 1 saturated carbocycles. The fraction of sp³-hybridized carbons (Fsp3) is 0.548. The lowest BCUT2D eigenvalue weighted by Crippen LogP contribution is -2.46. The van der Waals surface area contributed by atoms with E-state index in [1.165, 1.54) is 0 Å². The largest absolute Gasteiger partial charge is 0.480 e. The van der Waals surface area contributed by atoms with E-state index < -0.39 is 30.9 Å². The summed E-state index contributed by atoms with van der Waals surface area (Å²) in [6.07, 6.45) is 9.02. The SMILES string of the molecule is Cc1ccc(-c2ccoc2C(=O)NC2CCN(CCC3(CC(=O)N(CC(=O)O)CC(=O)O)CCCCC3)CC2)cc1. The monoisotopic (exact) mass is 567 g/mol. The van der Waals surface area contributed by atoms with Crippen LogP contribution in [0.25, 0.3) is 11.1 Å². The Hall–Kier alpha value is -3.66. The van der Waals surface area contributed by atoms with Crippen molar-refractivity contribution in [3.63, 3.8) is 0 Å². The van der Waals surface area contributed by atoms with Crippen LogP contribution in [0.3, 0.4) is 0 Å². The number of rotatable bonds is 12. The summed E-state index contributed by atoms with van der Waals surface area (Å²) < 4.78 is 5.56. The number of benzene rings is 1. The quantitative estimate of drug-likeness (QED) is 0.347. The summed E-state index contributed by atoms with van der Waals surface area (Å²) in [5.41, 5.74) is 2.61. The van der Waals surface area contributed by atoms with E-state index in [0.717, 1.165) is 92.6 Å². The van der Waals surface area contributed by atoms with Gasteiger partial charge < -0.3 is 29.7 Å². The van der Waals surface area contributed by atoms with Gasteiger partial charge in [-0.3, -0.25) is 19.2 Å². The first kappa shape index (κ1) is 30.3. The molecule has 222 valence electrons. The Morgan fingerprint density at radius 2 is 1.61 bits per heavy atom. The highest BCUT2D eigenvalue weighted by molar-refractivity contribution is 5.98. The van der Waals surface area contributed by atoms with Crippen molar-refractivity contribution in [2.45, 2.75) is 70.8 Å². The van der Waals surface area contributed by atoms with E-state index in [9.17, 15) is 19.2 Å². The molecule has 0 bridgehead atoms. The van der Waals surface area contributed by atoms with Gasteiger partial charge in [-0.2, -0.15) is 0 Å². The molecule has 1 aromatic carbocycles. The third-order valence-electron chi connectivity index (χ3n) is 8.56. The maximum Gasteiger partial charge on any atom is 0.323 e. The molecule has 2 heterocycles. The number of carboxylic acid groups (broad SMARTS) is 2. The average Bonchev–Trinajstić information content (AvgIpc) is 3.43. The summed E-state index contributed by atoms with van der Waals surface area (Å²) in [7, 11) is 0. The van der Waals surface area contributed by atoms with E-state index in [1.54, 1.807) is 6.26 Å². The molecule has 0 radical (unpaired) electrons. The molecule has 41 heavy (non-hydrogen) atoms. The van der Waals surface area contributed by atoms with Crippen LogP contribution in [-0.2, 0) is 14.4 Å². The summed E-state index contributed by atoms with van der Waals surface area (Å²) in [6, 6.07) is 9.84. The van der Waals surface area contributed by atoms with Crippen LogP contribution < -0.4 is 5.32 Å². The molecule has 1 aliphatic heterocycles. The zero-order valence-corrected chi connectivity index (χ0v) is 23.8. The number of nitrogens with one attached hydrogen (secondary N) is 1. The van der Waals surface area contributed by atoms with Gasteiger partial charge in [0, 0.05) is 31.1 Å². The lowest BCUT2D eigenvalue weighted by atomic mass is 9.69. The van der Waals surface area contributed by atoms with Crippen LogP contribution in [-0.4, -0.2) is 82.5 Å². The number of furan rings is 1. The van der Waals surface area contributed by atoms with Gasteiger partial charge in [-0.05, 0) is 62.6 Å². The Morgan fingerprint density at radius 1 is 0.976 bits per heavy atom. The maximum atomic E-state index is 13.1. The van der Waals surface area contributed by atoms with Gasteiger partial charge >= 0.3 is 11.9 Å². The molecule has 0 atom stereocenters. The van der Waals surface area contributed by atoms with Crippen LogP contribution in [0.15, 0.2) is 41.0 Å². The zero-order chi connectivity index (χ0) is 29.4. The fourth-order valence-electron chi connectivity index (χ4n) is 6.20. The molecule has 2 aliphatic rings. The van der Waals surface area contributed by atoms with Crippen LogP contribution in [0.2, 0.25) is 0 Å². The molecule has 10 nitrogen and oxygen atoms in total. The normalized spacial score (nSPS) is 17.6. The number of likely N-dealkylation sites (tertiary alicyclic amines) is 1. The number of carboxylic acids is 2. The second-order valence-corrected chi connectivity index (χ2v) is 11.6. The van der Waals surface area contributed by atoms with Crippen molar-refractivity contribution in [2.75, 3.05) is 32.7 Å². The molecule has 10 heteroatoms. The van der Waals surface area contributed by atoms with E-state index in [2.05, 4.69) is 10.2 Å². The molecule has 1 aliphatic carbocycles. The molecular formula is C31H41N3O7. The Balaban J connectivity index is 1.29. The lowest BCUT2D eigenvalue weighted by Gasteiger charge is -2.40. The average molecular weight is 568 g/mol. The molecule has 0 spiro atoms. The van der Waals surface area contributed by atoms with Gasteiger partial charge in [-0.25, -0.2) is 0 Å². The predicted molar refractivity (Wildman–Crippen MR) is 152 cm³/mol. The topological polar surface area (TPSA) is 140 Å². The van der Waals surface area contributed by atoms with Gasteiger partial charge in [0.2, 0.25) is 5.91 Å². The van der Waals surface area contributed by atoms with Crippen molar-refractivity contribution in [1.82, 2.24) is 15.1 Å². The summed E-state index contributed by atoms with van der Waals surface area (Å²) in [5, 5.41) is 21.5. The minimum Gasteiger partial charge on any atom is -0.480 e. The second-order valence-electron chi connectivity index (χ2n) is 11.6. The van der Waals surface area contributed by atoms with Crippen LogP contribution in [0.5, 0.6) is 0 Å². The number of nitrogens with zero attached hydrogens (tertiary/aromatic N) is 2. The molecular weight excluding hydrogens is 526 g/mol. The minimum atomic E-state index is -1.22. The molecule has 1 saturated heterocycles. The number of carbonyl (C=O) groups is 4. The summed E-state index contributed by atoms with van der Waals surface area (Å²) >= 11 is 0. The van der Waals surface area contributed by atoms with Gasteiger partial charge in [0.1, 0.15) is 13.1 Å². The van der Waals surface area contributed by atoms with Crippen LogP contribution in [0, 0.1) is 12.3 Å². The third kappa shape index (κ3) is 8.42. The van der Waals surface area contributed by atoms with Crippen molar-refractivity contribution in [3.05, 3.63) is 47.9 Å². The molecule has 2 aromatic rings. The van der Waals surface area contributed by atoms with E-state index >= 15 is 0 Å². The maximum absolute atomic E-state index is 13.1.